The van der Waals surface area contributed by atoms with Gasteiger partial charge in [-0.2, -0.15) is 0 Å². The van der Waals surface area contributed by atoms with Crippen molar-refractivity contribution in [1.29, 1.82) is 0 Å². The van der Waals surface area contributed by atoms with Crippen LogP contribution in [0.1, 0.15) is 12.5 Å². The summed E-state index contributed by atoms with van der Waals surface area (Å²) in [5.74, 6) is 3.07. The number of hydrogen-bond acceptors (Lipinski definition) is 5. The maximum absolute atomic E-state index is 12.3. The van der Waals surface area contributed by atoms with E-state index in [1.807, 2.05) is 6.92 Å². The minimum Gasteiger partial charge on any atom is -0.490 e. The Labute approximate surface area is 159 Å². The van der Waals surface area contributed by atoms with Gasteiger partial charge in [0, 0.05) is 6.54 Å². The topological polar surface area (TPSA) is 55.8 Å². The van der Waals surface area contributed by atoms with Crippen LogP contribution in [-0.4, -0.2) is 35.8 Å². The van der Waals surface area contributed by atoms with Crippen molar-refractivity contribution >= 4 is 44.9 Å². The molecule has 1 heterocycles. The molecular weight excluding hydrogens is 406 g/mol. The van der Waals surface area contributed by atoms with Gasteiger partial charge in [0.25, 0.3) is 11.1 Å². The first kappa shape index (κ1) is 19.2. The normalized spacial score (nSPS) is 15.4. The van der Waals surface area contributed by atoms with E-state index in [9.17, 15) is 9.59 Å². The van der Waals surface area contributed by atoms with E-state index in [0.717, 1.165) is 16.7 Å². The van der Waals surface area contributed by atoms with Crippen LogP contribution in [-0.2, 0) is 4.79 Å². The second kappa shape index (κ2) is 8.79. The molecule has 1 aliphatic heterocycles. The van der Waals surface area contributed by atoms with Crippen LogP contribution >= 0.6 is 27.7 Å². The van der Waals surface area contributed by atoms with E-state index in [0.29, 0.717) is 33.0 Å². The number of hydrogen-bond donors (Lipinski definition) is 0. The molecule has 1 aromatic rings. The summed E-state index contributed by atoms with van der Waals surface area (Å²) in [5.41, 5.74) is 0.701. The summed E-state index contributed by atoms with van der Waals surface area (Å²) >= 11 is 4.32. The number of carbonyl (C=O) groups is 2. The van der Waals surface area contributed by atoms with Gasteiger partial charge in [-0.15, -0.1) is 13.0 Å². The van der Waals surface area contributed by atoms with Crippen molar-refractivity contribution in [2.24, 2.45) is 0 Å². The molecule has 1 aromatic carbocycles. The first-order valence-electron chi connectivity index (χ1n) is 7.40. The number of terminal acetylenes is 1. The molecule has 0 unspecified atom stereocenters. The predicted molar refractivity (Wildman–Crippen MR) is 103 cm³/mol. The maximum Gasteiger partial charge on any atom is 0.293 e. The molecule has 0 N–H and O–H groups in total. The Morgan fingerprint density at radius 2 is 2.16 bits per heavy atom. The Bertz CT molecular complexity index is 782. The van der Waals surface area contributed by atoms with E-state index in [1.54, 1.807) is 18.2 Å². The lowest BCUT2D eigenvalue weighted by atomic mass is 10.2. The Balaban J connectivity index is 2.37. The number of benzene rings is 1. The van der Waals surface area contributed by atoms with Crippen molar-refractivity contribution in [1.82, 2.24) is 4.90 Å². The molecule has 0 aliphatic carbocycles. The van der Waals surface area contributed by atoms with E-state index in [-0.39, 0.29) is 24.3 Å². The Morgan fingerprint density at radius 1 is 1.40 bits per heavy atom. The highest BCUT2D eigenvalue weighted by atomic mass is 79.9. The number of thioether (sulfide) groups is 1. The SMILES string of the molecule is C#CCOc1c(Br)cc(/C=C2/SC(=O)N(CC=C)C2=O)cc1OCC. The van der Waals surface area contributed by atoms with Crippen LogP contribution in [0.2, 0.25) is 0 Å². The minimum atomic E-state index is -0.336. The molecule has 0 radical (unpaired) electrons. The molecule has 130 valence electrons. The van der Waals surface area contributed by atoms with Crippen LogP contribution in [0.25, 0.3) is 6.08 Å². The van der Waals surface area contributed by atoms with Gasteiger partial charge in [-0.25, -0.2) is 0 Å². The molecule has 0 saturated carbocycles. The lowest BCUT2D eigenvalue weighted by Gasteiger charge is -2.13. The van der Waals surface area contributed by atoms with Crippen LogP contribution in [0.3, 0.4) is 0 Å². The highest BCUT2D eigenvalue weighted by molar-refractivity contribution is 9.10. The van der Waals surface area contributed by atoms with Gasteiger partial charge in [0.1, 0.15) is 6.61 Å². The summed E-state index contributed by atoms with van der Waals surface area (Å²) in [6.07, 6.45) is 8.39. The third-order valence-electron chi connectivity index (χ3n) is 3.11. The third kappa shape index (κ3) is 4.47. The van der Waals surface area contributed by atoms with Crippen LogP contribution in [0.4, 0.5) is 4.79 Å². The molecule has 0 spiro atoms. The molecule has 0 bridgehead atoms. The third-order valence-corrected chi connectivity index (χ3v) is 4.61. The number of halogens is 1. The van der Waals surface area contributed by atoms with Gasteiger partial charge in [-0.3, -0.25) is 14.5 Å². The van der Waals surface area contributed by atoms with Crippen molar-refractivity contribution in [3.63, 3.8) is 0 Å². The van der Waals surface area contributed by atoms with Crippen molar-refractivity contribution in [2.45, 2.75) is 6.92 Å². The molecule has 7 heteroatoms. The summed E-state index contributed by atoms with van der Waals surface area (Å²) < 4.78 is 11.7. The fourth-order valence-electron chi connectivity index (χ4n) is 2.13. The first-order chi connectivity index (χ1) is 12.0. The number of rotatable bonds is 7. The summed E-state index contributed by atoms with van der Waals surface area (Å²) in [6, 6.07) is 3.51. The number of amides is 2. The second-order valence-corrected chi connectivity index (χ2v) is 6.68. The molecule has 1 saturated heterocycles. The Morgan fingerprint density at radius 3 is 2.80 bits per heavy atom. The van der Waals surface area contributed by atoms with Crippen molar-refractivity contribution < 1.29 is 19.1 Å². The summed E-state index contributed by atoms with van der Waals surface area (Å²) in [7, 11) is 0. The van der Waals surface area contributed by atoms with Crippen LogP contribution in [0.15, 0.2) is 34.2 Å². The van der Waals surface area contributed by atoms with Gasteiger partial charge < -0.3 is 9.47 Å². The Kier molecular flexibility index (Phi) is 6.73. The van der Waals surface area contributed by atoms with Crippen molar-refractivity contribution in [3.05, 3.63) is 39.7 Å². The molecule has 0 atom stereocenters. The van der Waals surface area contributed by atoms with E-state index < -0.39 is 0 Å². The van der Waals surface area contributed by atoms with Gasteiger partial charge in [-0.1, -0.05) is 12.0 Å². The fraction of sp³-hybridized carbons (Fsp3) is 0.222. The zero-order valence-electron chi connectivity index (χ0n) is 13.6. The standard InChI is InChI=1S/C18H16BrNO4S/c1-4-7-20-17(21)15(25-18(20)22)11-12-9-13(19)16(24-8-5-2)14(10-12)23-6-3/h2,4,9-11H,1,6-8H2,3H3/b15-11+. The zero-order valence-corrected chi connectivity index (χ0v) is 16.0. The maximum atomic E-state index is 12.3. The molecule has 2 rings (SSSR count). The first-order valence-corrected chi connectivity index (χ1v) is 9.01. The predicted octanol–water partition coefficient (Wildman–Crippen LogP) is 4.08. The molecule has 1 aliphatic rings. The average molecular weight is 422 g/mol. The molecule has 1 fully saturated rings. The lowest BCUT2D eigenvalue weighted by molar-refractivity contribution is -0.122. The quantitative estimate of drug-likeness (QED) is 0.377. The molecule has 5 nitrogen and oxygen atoms in total. The smallest absolute Gasteiger partial charge is 0.293 e. The monoisotopic (exact) mass is 421 g/mol. The minimum absolute atomic E-state index is 0.110. The highest BCUT2D eigenvalue weighted by Crippen LogP contribution is 2.39. The molecule has 25 heavy (non-hydrogen) atoms. The highest BCUT2D eigenvalue weighted by Gasteiger charge is 2.34. The second-order valence-electron chi connectivity index (χ2n) is 4.84. The van der Waals surface area contributed by atoms with Gasteiger partial charge in [-0.05, 0) is 58.4 Å². The van der Waals surface area contributed by atoms with Gasteiger partial charge in [0.15, 0.2) is 11.5 Å². The van der Waals surface area contributed by atoms with Crippen LogP contribution < -0.4 is 9.47 Å². The summed E-state index contributed by atoms with van der Waals surface area (Å²) in [4.78, 5) is 25.7. The number of nitrogens with zero attached hydrogens (tertiary/aromatic N) is 1. The molecule has 0 aromatic heterocycles. The fourth-order valence-corrected chi connectivity index (χ4v) is 3.55. The number of carbonyl (C=O) groups excluding carboxylic acids is 2. The summed E-state index contributed by atoms with van der Waals surface area (Å²) in [6.45, 7) is 6.15. The largest absolute Gasteiger partial charge is 0.490 e. The molecule has 2 amide bonds. The van der Waals surface area contributed by atoms with E-state index >= 15 is 0 Å². The Hall–Kier alpha value is -2.17. The zero-order chi connectivity index (χ0) is 18.4. The van der Waals surface area contributed by atoms with E-state index in [2.05, 4.69) is 28.4 Å². The van der Waals surface area contributed by atoms with Gasteiger partial charge in [0.05, 0.1) is 16.0 Å². The van der Waals surface area contributed by atoms with Crippen LogP contribution in [0.5, 0.6) is 11.5 Å². The van der Waals surface area contributed by atoms with E-state index in [4.69, 9.17) is 15.9 Å². The van der Waals surface area contributed by atoms with Crippen molar-refractivity contribution in [2.75, 3.05) is 19.8 Å². The van der Waals surface area contributed by atoms with Crippen molar-refractivity contribution in [3.8, 4) is 23.8 Å². The summed E-state index contributed by atoms with van der Waals surface area (Å²) in [5, 5.41) is -0.311. The van der Waals surface area contributed by atoms with Gasteiger partial charge in [0.2, 0.25) is 0 Å². The van der Waals surface area contributed by atoms with Crippen LogP contribution in [0, 0.1) is 12.3 Å². The number of imide groups is 1. The van der Waals surface area contributed by atoms with E-state index in [1.165, 1.54) is 6.08 Å². The number of ether oxygens (including phenoxy) is 2. The molecular formula is C18H16BrNO4S. The average Bonchev–Trinajstić information content (AvgIpc) is 2.82. The van der Waals surface area contributed by atoms with Gasteiger partial charge >= 0.3 is 0 Å². The lowest BCUT2D eigenvalue weighted by Crippen LogP contribution is -2.27.